The van der Waals surface area contributed by atoms with Crippen molar-refractivity contribution in [3.63, 3.8) is 0 Å². The molecule has 0 amide bonds. The van der Waals surface area contributed by atoms with Crippen molar-refractivity contribution in [3.05, 3.63) is 0 Å². The first-order valence-corrected chi connectivity index (χ1v) is 2.66. The zero-order valence-electron chi connectivity index (χ0n) is 4.91. The lowest BCUT2D eigenvalue weighted by atomic mass is 9.96. The van der Waals surface area contributed by atoms with E-state index in [0.29, 0.717) is 5.41 Å². The monoisotopic (exact) mass is 100 g/mol. The second-order valence-electron chi connectivity index (χ2n) is 2.87. The molecule has 0 bridgehead atoms. The molecule has 0 spiro atoms. The van der Waals surface area contributed by atoms with Crippen LogP contribution in [0.25, 0.3) is 0 Å². The summed E-state index contributed by atoms with van der Waals surface area (Å²) in [4.78, 5) is 0. The number of hydrogen-bond acceptors (Lipinski definition) is 2. The molecule has 1 fully saturated rings. The molecule has 2 nitrogen and oxygen atoms in total. The van der Waals surface area contributed by atoms with Crippen LogP contribution in [0.3, 0.4) is 0 Å². The third kappa shape index (κ3) is 1.14. The van der Waals surface area contributed by atoms with Crippen molar-refractivity contribution in [3.8, 4) is 0 Å². The topological polar surface area (TPSA) is 24.1 Å². The molecule has 2 N–H and O–H groups in total. The highest BCUT2D eigenvalue weighted by molar-refractivity contribution is 4.77. The van der Waals surface area contributed by atoms with Crippen LogP contribution in [0.4, 0.5) is 0 Å². The first kappa shape index (κ1) is 5.06. The van der Waals surface area contributed by atoms with Gasteiger partial charge in [0.15, 0.2) is 0 Å². The summed E-state index contributed by atoms with van der Waals surface area (Å²) in [5, 5.41) is 0. The van der Waals surface area contributed by atoms with Gasteiger partial charge in [0.2, 0.25) is 0 Å². The second-order valence-corrected chi connectivity index (χ2v) is 2.87. The van der Waals surface area contributed by atoms with Crippen molar-refractivity contribution in [1.82, 2.24) is 10.9 Å². The minimum atomic E-state index is 0.472. The van der Waals surface area contributed by atoms with Crippen molar-refractivity contribution >= 4 is 0 Å². The summed E-state index contributed by atoms with van der Waals surface area (Å²) in [5.74, 6) is 0. The van der Waals surface area contributed by atoms with Crippen molar-refractivity contribution in [2.45, 2.75) is 13.8 Å². The highest BCUT2D eigenvalue weighted by Gasteiger charge is 2.21. The molecule has 1 aliphatic heterocycles. The van der Waals surface area contributed by atoms with Gasteiger partial charge in [-0.2, -0.15) is 0 Å². The lowest BCUT2D eigenvalue weighted by Crippen LogP contribution is -2.21. The molecule has 0 aliphatic carbocycles. The van der Waals surface area contributed by atoms with Crippen molar-refractivity contribution in [1.29, 1.82) is 0 Å². The average Bonchev–Trinajstić information content (AvgIpc) is 1.84. The molecule has 1 aliphatic rings. The van der Waals surface area contributed by atoms with E-state index < -0.39 is 0 Å². The first-order valence-electron chi connectivity index (χ1n) is 2.66. The van der Waals surface area contributed by atoms with E-state index in [-0.39, 0.29) is 0 Å². The van der Waals surface area contributed by atoms with E-state index in [1.807, 2.05) is 0 Å². The summed E-state index contributed by atoms with van der Waals surface area (Å²) in [6.07, 6.45) is 0. The summed E-state index contributed by atoms with van der Waals surface area (Å²) in [7, 11) is 0. The van der Waals surface area contributed by atoms with Crippen LogP contribution in [-0.2, 0) is 0 Å². The Balaban J connectivity index is 2.40. The SMILES string of the molecule is CC1(C)CNNC1. The predicted octanol–water partition coefficient (Wildman–Crippen LogP) is 0.120. The molecule has 0 atom stereocenters. The molecular formula is C5H12N2. The van der Waals surface area contributed by atoms with Gasteiger partial charge in [-0.3, -0.25) is 10.9 Å². The summed E-state index contributed by atoms with van der Waals surface area (Å²) in [5.41, 5.74) is 6.60. The molecule has 0 aromatic carbocycles. The normalized spacial score (nSPS) is 28.3. The van der Waals surface area contributed by atoms with Crippen molar-refractivity contribution in [2.24, 2.45) is 5.41 Å². The lowest BCUT2D eigenvalue weighted by molar-refractivity contribution is 0.440. The van der Waals surface area contributed by atoms with Crippen LogP contribution in [0.2, 0.25) is 0 Å². The zero-order chi connectivity index (χ0) is 5.33. The van der Waals surface area contributed by atoms with Gasteiger partial charge in [-0.05, 0) is 5.41 Å². The third-order valence-corrected chi connectivity index (χ3v) is 1.26. The fourth-order valence-corrected chi connectivity index (χ4v) is 0.666. The van der Waals surface area contributed by atoms with Gasteiger partial charge in [0.05, 0.1) is 0 Å². The second kappa shape index (κ2) is 1.46. The highest BCUT2D eigenvalue weighted by atomic mass is 15.4. The van der Waals surface area contributed by atoms with Crippen LogP contribution in [0.1, 0.15) is 13.8 Å². The Morgan fingerprint density at radius 2 is 1.57 bits per heavy atom. The molecule has 0 aromatic heterocycles. The van der Waals surface area contributed by atoms with Gasteiger partial charge >= 0.3 is 0 Å². The van der Waals surface area contributed by atoms with Gasteiger partial charge in [-0.1, -0.05) is 13.8 Å². The molecular weight excluding hydrogens is 88.1 g/mol. The van der Waals surface area contributed by atoms with E-state index in [2.05, 4.69) is 24.7 Å². The van der Waals surface area contributed by atoms with Gasteiger partial charge in [-0.15, -0.1) is 0 Å². The minimum Gasteiger partial charge on any atom is -0.257 e. The van der Waals surface area contributed by atoms with E-state index in [4.69, 9.17) is 0 Å². The van der Waals surface area contributed by atoms with Gasteiger partial charge in [0, 0.05) is 13.1 Å². The molecule has 42 valence electrons. The highest BCUT2D eigenvalue weighted by Crippen LogP contribution is 2.13. The largest absolute Gasteiger partial charge is 0.257 e. The Bertz CT molecular complexity index is 60.5. The van der Waals surface area contributed by atoms with Crippen LogP contribution in [0.5, 0.6) is 0 Å². The number of hydrogen-bond donors (Lipinski definition) is 2. The average molecular weight is 100 g/mol. The Kier molecular flexibility index (Phi) is 1.05. The maximum atomic E-state index is 3.06. The predicted molar refractivity (Wildman–Crippen MR) is 29.8 cm³/mol. The summed E-state index contributed by atoms with van der Waals surface area (Å²) < 4.78 is 0. The Labute approximate surface area is 44.3 Å². The molecule has 0 aromatic rings. The maximum absolute atomic E-state index is 3.06. The Morgan fingerprint density at radius 3 is 1.71 bits per heavy atom. The fourth-order valence-electron chi connectivity index (χ4n) is 0.666. The van der Waals surface area contributed by atoms with E-state index in [9.17, 15) is 0 Å². The molecule has 1 heterocycles. The van der Waals surface area contributed by atoms with Gasteiger partial charge < -0.3 is 0 Å². The standard InChI is InChI=1S/C5H12N2/c1-5(2)3-6-7-4-5/h6-7H,3-4H2,1-2H3. The van der Waals surface area contributed by atoms with Crippen LogP contribution in [0.15, 0.2) is 0 Å². The number of hydrazine groups is 1. The molecule has 7 heavy (non-hydrogen) atoms. The number of nitrogens with one attached hydrogen (secondary N) is 2. The molecule has 2 heteroatoms. The van der Waals surface area contributed by atoms with Crippen molar-refractivity contribution < 1.29 is 0 Å². The van der Waals surface area contributed by atoms with Gasteiger partial charge in [0.1, 0.15) is 0 Å². The van der Waals surface area contributed by atoms with E-state index >= 15 is 0 Å². The maximum Gasteiger partial charge on any atom is 0.0164 e. The van der Waals surface area contributed by atoms with Crippen LogP contribution >= 0.6 is 0 Å². The van der Waals surface area contributed by atoms with E-state index in [1.165, 1.54) is 0 Å². The third-order valence-electron chi connectivity index (χ3n) is 1.26. The van der Waals surface area contributed by atoms with Crippen LogP contribution in [-0.4, -0.2) is 13.1 Å². The molecule has 1 saturated heterocycles. The van der Waals surface area contributed by atoms with Crippen molar-refractivity contribution in [2.75, 3.05) is 13.1 Å². The van der Waals surface area contributed by atoms with Gasteiger partial charge in [-0.25, -0.2) is 0 Å². The Hall–Kier alpha value is -0.0800. The first-order chi connectivity index (χ1) is 3.21. The number of rotatable bonds is 0. The van der Waals surface area contributed by atoms with Crippen LogP contribution < -0.4 is 10.9 Å². The molecule has 0 unspecified atom stereocenters. The summed E-state index contributed by atoms with van der Waals surface area (Å²) >= 11 is 0. The fraction of sp³-hybridized carbons (Fsp3) is 1.00. The molecule has 1 rings (SSSR count). The summed E-state index contributed by atoms with van der Waals surface area (Å²) in [6.45, 7) is 6.65. The zero-order valence-corrected chi connectivity index (χ0v) is 4.91. The summed E-state index contributed by atoms with van der Waals surface area (Å²) in [6, 6.07) is 0. The smallest absolute Gasteiger partial charge is 0.0164 e. The minimum absolute atomic E-state index is 0.472. The quantitative estimate of drug-likeness (QED) is 0.452. The van der Waals surface area contributed by atoms with Crippen LogP contribution in [0, 0.1) is 5.41 Å². The Morgan fingerprint density at radius 1 is 1.14 bits per heavy atom. The van der Waals surface area contributed by atoms with E-state index in [1.54, 1.807) is 0 Å². The molecule has 0 radical (unpaired) electrons. The lowest BCUT2D eigenvalue weighted by Gasteiger charge is -2.11. The molecule has 0 saturated carbocycles. The van der Waals surface area contributed by atoms with Gasteiger partial charge in [0.25, 0.3) is 0 Å². The van der Waals surface area contributed by atoms with E-state index in [0.717, 1.165) is 13.1 Å².